The summed E-state index contributed by atoms with van der Waals surface area (Å²) in [6.45, 7) is 19.4. The summed E-state index contributed by atoms with van der Waals surface area (Å²) in [5.41, 5.74) is 3.51. The Bertz CT molecular complexity index is 911. The van der Waals surface area contributed by atoms with Gasteiger partial charge in [-0.3, -0.25) is 4.90 Å². The summed E-state index contributed by atoms with van der Waals surface area (Å²) >= 11 is 12.1. The van der Waals surface area contributed by atoms with Gasteiger partial charge >= 0.3 is 132 Å². The molecule has 1 radical (unpaired) electrons. The van der Waals surface area contributed by atoms with Crippen LogP contribution >= 0.6 is 99.9 Å². The first-order valence-electron chi connectivity index (χ1n) is 12.9. The van der Waals surface area contributed by atoms with E-state index >= 15 is 0 Å². The summed E-state index contributed by atoms with van der Waals surface area (Å²) in [7, 11) is 1.73. The summed E-state index contributed by atoms with van der Waals surface area (Å²) in [6, 6.07) is 0. The minimum atomic E-state index is -2.23. The summed E-state index contributed by atoms with van der Waals surface area (Å²) in [4.78, 5) is 33.7. The van der Waals surface area contributed by atoms with Crippen molar-refractivity contribution in [2.45, 2.75) is 59.5 Å². The molecule has 0 aromatic heterocycles. The van der Waals surface area contributed by atoms with Gasteiger partial charge in [-0.2, -0.15) is 0 Å². The largest absolute Gasteiger partial charge is 0 e. The number of carbonyl (C=O) groups is 3. The summed E-state index contributed by atoms with van der Waals surface area (Å²) in [6.07, 6.45) is 9.84. The minimum absolute atomic E-state index is 0. The number of hydrogen-bond acceptors (Lipinski definition) is 9. The fourth-order valence-electron chi connectivity index (χ4n) is 2.92. The molecule has 0 bridgehead atoms. The summed E-state index contributed by atoms with van der Waals surface area (Å²) in [5.74, 6) is -1.84. The zero-order valence-electron chi connectivity index (χ0n) is 26.5. The number of cyclic esters (lactones) is 1. The van der Waals surface area contributed by atoms with E-state index in [9.17, 15) is 9.59 Å². The maximum atomic E-state index is 11.3. The van der Waals surface area contributed by atoms with Crippen LogP contribution in [-0.4, -0.2) is 94.1 Å². The van der Waals surface area contributed by atoms with Crippen molar-refractivity contribution in [2.24, 2.45) is 0 Å². The number of piperidine rings is 1. The number of hydrogen-bond donors (Lipinski definition) is 4. The number of rotatable bonds is 7. The van der Waals surface area contributed by atoms with Crippen LogP contribution in [0.2, 0.25) is 0 Å². The van der Waals surface area contributed by atoms with Crippen LogP contribution in [0.25, 0.3) is 0 Å². The molecule has 0 aromatic rings. The van der Waals surface area contributed by atoms with Crippen LogP contribution in [0, 0.1) is 13.8 Å². The van der Waals surface area contributed by atoms with Crippen LogP contribution in [0.4, 0.5) is 4.79 Å². The average Bonchev–Trinajstić information content (AvgIpc) is 3.31. The minimum Gasteiger partial charge on any atom is 0 e. The van der Waals surface area contributed by atoms with E-state index in [2.05, 4.69) is 143 Å². The van der Waals surface area contributed by atoms with Crippen LogP contribution in [0.5, 0.6) is 0 Å². The normalized spacial score (nSPS) is 14.6. The van der Waals surface area contributed by atoms with Crippen LogP contribution in [0.1, 0.15) is 47.0 Å². The third-order valence-corrected chi connectivity index (χ3v) is 4.67. The molecule has 1 saturated heterocycles. The molecule has 4 N–H and O–H groups in total. The molecule has 2 heterocycles. The fourth-order valence-corrected chi connectivity index (χ4v) is 2.92. The van der Waals surface area contributed by atoms with Crippen molar-refractivity contribution in [2.75, 3.05) is 33.3 Å². The zero-order valence-corrected chi connectivity index (χ0v) is 42.9. The molecule has 0 aromatic carbocycles. The van der Waals surface area contributed by atoms with E-state index in [-0.39, 0.29) is 49.8 Å². The molecule has 2 rings (SSSR count). The zero-order chi connectivity index (χ0) is 36.0. The first-order chi connectivity index (χ1) is 20.9. The Labute approximate surface area is 366 Å². The third-order valence-electron chi connectivity index (χ3n) is 4.67. The molecule has 1 atom stereocenters. The number of halogens is 5. The molecule has 266 valence electrons. The summed E-state index contributed by atoms with van der Waals surface area (Å²) in [5, 5.41) is 30.2. The van der Waals surface area contributed by atoms with Gasteiger partial charge in [0.25, 0.3) is 6.29 Å². The predicted octanol–water partition coefficient (Wildman–Crippen LogP) is 7.80. The molecule has 0 spiro atoms. The van der Waals surface area contributed by atoms with Crippen molar-refractivity contribution < 1.29 is 91.4 Å². The molecular weight excluding hydrogens is 1320 g/mol. The molecular formula is C27H44I5N2O9V2Y-2. The van der Waals surface area contributed by atoms with Crippen molar-refractivity contribution in [1.29, 1.82) is 0 Å². The fraction of sp³-hybridized carbons (Fsp3) is 0.519. The van der Waals surface area contributed by atoms with E-state index in [1.54, 1.807) is 6.08 Å². The number of likely N-dealkylation sites (tertiary alicyclic amines) is 1. The van der Waals surface area contributed by atoms with E-state index in [4.69, 9.17) is 30.0 Å². The molecule has 46 heavy (non-hydrogen) atoms. The number of carbonyl (C=O) groups excluding carboxylic acids is 1. The molecule has 2 aliphatic heterocycles. The van der Waals surface area contributed by atoms with Gasteiger partial charge in [0, 0.05) is 57.4 Å². The van der Waals surface area contributed by atoms with Gasteiger partial charge < -0.3 is 48.6 Å². The molecule has 2 aliphatic rings. The number of carboxylic acids is 1. The standard InChI is InChI=1S/C13H19NO2.C10H17N.C2H4O4.C2H4O3.5HI.2V.Y/c1-10(2)8-11-9-12(15)16-13(11)14-6-4-3-5-7-14;1-5-11(6-2)9-7-8-10(3)4;3-1(4)2(5)6;1-5-2(3)4;;;;;;;;/h8-9,13H,3-7H2,1-2H3;7-9H,1-2,5-6H2,3-4H3;1,3-4H,(H,5,6);1H3,(H,3,4);5*1H;;;/q;-2;;;;;;;;+2;+3;/p-5/b;9-7+;;;;;;;;;;. The Morgan fingerprint density at radius 3 is 1.80 bits per heavy atom. The van der Waals surface area contributed by atoms with Gasteiger partial charge in [-0.25, -0.2) is 14.4 Å². The first-order valence-corrected chi connectivity index (χ1v) is 35.5. The Morgan fingerprint density at radius 2 is 1.50 bits per heavy atom. The molecule has 11 nitrogen and oxygen atoms in total. The van der Waals surface area contributed by atoms with Gasteiger partial charge in [0.2, 0.25) is 0 Å². The van der Waals surface area contributed by atoms with E-state index in [0.717, 1.165) is 38.9 Å². The molecule has 1 fully saturated rings. The second-order valence-corrected chi connectivity index (χ2v) is 56.0. The topological polar surface area (TPSA) is 157 Å². The number of aliphatic hydroxyl groups excluding tert-OH is 1. The SMILES string of the molecule is CC(C)=CC1=CC(=O)OC1N1CCCCC1.COC(=O)O.O=C(O)C(O)O.[CH2-]CN(/C=C/C=C(C)C)C[CH2-].[I][V]([I])[I].[I][V][I].[Y]. The summed E-state index contributed by atoms with van der Waals surface area (Å²) < 4.78 is 9.03. The van der Waals surface area contributed by atoms with Crippen molar-refractivity contribution in [3.8, 4) is 0 Å². The quantitative estimate of drug-likeness (QED) is 0.0649. The molecule has 0 aliphatic carbocycles. The van der Waals surface area contributed by atoms with E-state index in [0.29, 0.717) is 9.47 Å². The predicted molar refractivity (Wildman–Crippen MR) is 215 cm³/mol. The third kappa shape index (κ3) is 44.8. The monoisotopic (exact) mass is 1370 g/mol. The van der Waals surface area contributed by atoms with Crippen molar-refractivity contribution in [1.82, 2.24) is 9.80 Å². The first kappa shape index (κ1) is 58.1. The van der Waals surface area contributed by atoms with E-state index < -0.39 is 18.4 Å². The molecule has 1 unspecified atom stereocenters. The van der Waals surface area contributed by atoms with Crippen molar-refractivity contribution in [3.05, 3.63) is 61.1 Å². The van der Waals surface area contributed by atoms with Crippen LogP contribution in [0.15, 0.2) is 47.2 Å². The Hall–Kier alpha value is 2.77. The maximum Gasteiger partial charge on any atom is 0 e. The number of aliphatic carboxylic acids is 1. The van der Waals surface area contributed by atoms with Crippen molar-refractivity contribution in [3.63, 3.8) is 0 Å². The number of methoxy groups -OCH3 is 1. The average molecular weight is 1370 g/mol. The number of ether oxygens (including phenoxy) is 2. The van der Waals surface area contributed by atoms with Gasteiger partial charge in [-0.05, 0) is 52.8 Å². The van der Waals surface area contributed by atoms with E-state index in [1.165, 1.54) is 30.4 Å². The second-order valence-electron chi connectivity index (χ2n) is 8.81. The Morgan fingerprint density at radius 1 is 1.09 bits per heavy atom. The van der Waals surface area contributed by atoms with Crippen molar-refractivity contribution >= 4 is 118 Å². The number of esters is 1. The van der Waals surface area contributed by atoms with Crippen LogP contribution in [0.3, 0.4) is 0 Å². The van der Waals surface area contributed by atoms with E-state index in [1.807, 2.05) is 37.1 Å². The number of nitrogens with zero attached hydrogens (tertiary/aromatic N) is 2. The van der Waals surface area contributed by atoms with Gasteiger partial charge in [-0.1, -0.05) is 29.7 Å². The van der Waals surface area contributed by atoms with Crippen LogP contribution in [-0.2, 0) is 66.2 Å². The Kier molecular flexibility index (Phi) is 51.2. The molecule has 0 amide bonds. The second kappa shape index (κ2) is 40.5. The van der Waals surface area contributed by atoms with Gasteiger partial charge in [0.1, 0.15) is 0 Å². The number of carboxylic acid groups (broad SMARTS) is 2. The molecule has 19 heteroatoms. The number of allylic oxidation sites excluding steroid dienone is 4. The molecule has 0 saturated carbocycles. The van der Waals surface area contributed by atoms with Crippen LogP contribution < -0.4 is 0 Å². The smallest absolute Gasteiger partial charge is 0 e. The Balaban J connectivity index is -0.000000163. The van der Waals surface area contributed by atoms with Gasteiger partial charge in [0.05, 0.1) is 7.11 Å². The maximum absolute atomic E-state index is 11.3. The van der Waals surface area contributed by atoms with Gasteiger partial charge in [-0.15, -0.1) is 13.1 Å². The van der Waals surface area contributed by atoms with Gasteiger partial charge in [0.15, 0.2) is 6.23 Å². The number of aliphatic hydroxyl groups is 2.